The fourth-order valence-electron chi connectivity index (χ4n) is 2.52. The number of rotatable bonds is 2. The second-order valence-corrected chi connectivity index (χ2v) is 5.17. The van der Waals surface area contributed by atoms with E-state index in [4.69, 9.17) is 10.5 Å². The van der Waals surface area contributed by atoms with Crippen LogP contribution in [-0.2, 0) is 9.53 Å². The topological polar surface area (TPSA) is 52.3 Å². The number of halogens is 3. The molecule has 23 heavy (non-hydrogen) atoms. The predicted molar refractivity (Wildman–Crippen MR) is 77.4 cm³/mol. The number of carbonyl (C=O) groups excluding carboxylic acids is 1. The average molecular weight is 319 g/mol. The van der Waals surface area contributed by atoms with Crippen molar-refractivity contribution in [2.24, 2.45) is 5.73 Å². The van der Waals surface area contributed by atoms with Crippen molar-refractivity contribution in [2.45, 2.75) is 13.0 Å². The van der Waals surface area contributed by atoms with Crippen molar-refractivity contribution >= 4 is 11.4 Å². The first-order valence-electron chi connectivity index (χ1n) is 6.81. The molecule has 0 saturated heterocycles. The lowest BCUT2D eigenvalue weighted by atomic mass is 9.95. The Hall–Kier alpha value is -2.76. The van der Waals surface area contributed by atoms with Gasteiger partial charge in [0.15, 0.2) is 23.6 Å². The number of ether oxygens (including phenoxy) is 1. The van der Waals surface area contributed by atoms with Crippen molar-refractivity contribution < 1.29 is 22.7 Å². The quantitative estimate of drug-likeness (QED) is 0.863. The molecule has 2 aromatic rings. The van der Waals surface area contributed by atoms with Crippen LogP contribution in [0.1, 0.15) is 22.8 Å². The molecule has 0 saturated carbocycles. The van der Waals surface area contributed by atoms with Gasteiger partial charge in [0.25, 0.3) is 0 Å². The van der Waals surface area contributed by atoms with E-state index in [1.165, 1.54) is 0 Å². The summed E-state index contributed by atoms with van der Waals surface area (Å²) in [5, 5.41) is 0. The van der Waals surface area contributed by atoms with Crippen LogP contribution in [0.4, 0.5) is 13.2 Å². The van der Waals surface area contributed by atoms with Gasteiger partial charge in [0.2, 0.25) is 5.78 Å². The molecule has 1 atom stereocenters. The van der Waals surface area contributed by atoms with Crippen molar-refractivity contribution in [3.8, 4) is 0 Å². The van der Waals surface area contributed by atoms with Gasteiger partial charge in [-0.3, -0.25) is 4.79 Å². The zero-order chi connectivity index (χ0) is 16.7. The summed E-state index contributed by atoms with van der Waals surface area (Å²) < 4.78 is 46.6. The summed E-state index contributed by atoms with van der Waals surface area (Å²) in [6.07, 6.45) is -1.03. The Morgan fingerprint density at radius 2 is 1.74 bits per heavy atom. The molecule has 2 aromatic carbocycles. The van der Waals surface area contributed by atoms with Crippen LogP contribution in [0.2, 0.25) is 0 Å². The van der Waals surface area contributed by atoms with Crippen molar-refractivity contribution in [1.29, 1.82) is 0 Å². The standard InChI is InChI=1S/C17H12F3NO2/c1-8-13(19)10(7-11(18)14(8)20)12-15(22)16(23-17(12)21)9-5-3-2-4-6-9/h2-7,16H,21H2,1H3. The van der Waals surface area contributed by atoms with Gasteiger partial charge in [-0.15, -0.1) is 0 Å². The summed E-state index contributed by atoms with van der Waals surface area (Å²) >= 11 is 0. The molecular formula is C17H12F3NO2. The van der Waals surface area contributed by atoms with E-state index < -0.39 is 40.5 Å². The van der Waals surface area contributed by atoms with E-state index in [2.05, 4.69) is 0 Å². The smallest absolute Gasteiger partial charge is 0.214 e. The van der Waals surface area contributed by atoms with E-state index in [1.807, 2.05) is 0 Å². The first kappa shape index (κ1) is 15.1. The molecule has 118 valence electrons. The van der Waals surface area contributed by atoms with E-state index in [0.717, 1.165) is 6.92 Å². The molecular weight excluding hydrogens is 307 g/mol. The van der Waals surface area contributed by atoms with Gasteiger partial charge in [0.1, 0.15) is 5.82 Å². The fraction of sp³-hybridized carbons (Fsp3) is 0.118. The predicted octanol–water partition coefficient (Wildman–Crippen LogP) is 3.38. The first-order valence-corrected chi connectivity index (χ1v) is 6.81. The van der Waals surface area contributed by atoms with Crippen molar-refractivity contribution in [1.82, 2.24) is 0 Å². The zero-order valence-corrected chi connectivity index (χ0v) is 12.1. The maximum atomic E-state index is 14.3. The number of ketones is 1. The molecule has 3 rings (SSSR count). The summed E-state index contributed by atoms with van der Waals surface area (Å²) in [4.78, 5) is 12.5. The molecule has 1 heterocycles. The van der Waals surface area contributed by atoms with Crippen LogP contribution in [0.15, 0.2) is 42.3 Å². The summed E-state index contributed by atoms with van der Waals surface area (Å²) in [5.74, 6) is -4.50. The molecule has 0 aromatic heterocycles. The molecule has 0 amide bonds. The lowest BCUT2D eigenvalue weighted by Crippen LogP contribution is -2.11. The lowest BCUT2D eigenvalue weighted by Gasteiger charge is -2.10. The Balaban J connectivity index is 2.08. The highest BCUT2D eigenvalue weighted by atomic mass is 19.2. The van der Waals surface area contributed by atoms with Gasteiger partial charge < -0.3 is 10.5 Å². The van der Waals surface area contributed by atoms with Gasteiger partial charge in [0.05, 0.1) is 5.57 Å². The lowest BCUT2D eigenvalue weighted by molar-refractivity contribution is -0.120. The van der Waals surface area contributed by atoms with Crippen LogP contribution in [0, 0.1) is 24.4 Å². The molecule has 0 fully saturated rings. The normalized spacial score (nSPS) is 17.6. The minimum absolute atomic E-state index is 0.279. The molecule has 2 N–H and O–H groups in total. The van der Waals surface area contributed by atoms with Crippen LogP contribution in [-0.4, -0.2) is 5.78 Å². The van der Waals surface area contributed by atoms with Crippen LogP contribution in [0.25, 0.3) is 5.57 Å². The Morgan fingerprint density at radius 1 is 1.09 bits per heavy atom. The van der Waals surface area contributed by atoms with Crippen LogP contribution >= 0.6 is 0 Å². The van der Waals surface area contributed by atoms with E-state index in [-0.39, 0.29) is 11.5 Å². The Bertz CT molecular complexity index is 831. The van der Waals surface area contributed by atoms with Gasteiger partial charge in [-0.25, -0.2) is 13.2 Å². The summed E-state index contributed by atoms with van der Waals surface area (Å²) in [6, 6.07) is 9.12. The monoisotopic (exact) mass is 319 g/mol. The minimum Gasteiger partial charge on any atom is -0.462 e. The molecule has 1 aliphatic heterocycles. The fourth-order valence-corrected chi connectivity index (χ4v) is 2.52. The van der Waals surface area contributed by atoms with Gasteiger partial charge in [-0.05, 0) is 13.0 Å². The van der Waals surface area contributed by atoms with Gasteiger partial charge in [0, 0.05) is 16.7 Å². The van der Waals surface area contributed by atoms with Crippen LogP contribution < -0.4 is 5.73 Å². The number of nitrogens with two attached hydrogens (primary N) is 1. The SMILES string of the molecule is Cc1c(F)c(F)cc(C2=C(N)OC(c3ccccc3)C2=O)c1F. The van der Waals surface area contributed by atoms with E-state index in [9.17, 15) is 18.0 Å². The van der Waals surface area contributed by atoms with Crippen LogP contribution in [0.5, 0.6) is 0 Å². The third-order valence-electron chi connectivity index (χ3n) is 3.72. The maximum Gasteiger partial charge on any atom is 0.214 e. The Labute approximate surface area is 130 Å². The van der Waals surface area contributed by atoms with Crippen molar-refractivity contribution in [3.05, 3.63) is 76.4 Å². The maximum absolute atomic E-state index is 14.3. The number of benzene rings is 2. The highest BCUT2D eigenvalue weighted by Gasteiger charge is 2.38. The van der Waals surface area contributed by atoms with E-state index in [0.29, 0.717) is 11.6 Å². The average Bonchev–Trinajstić information content (AvgIpc) is 2.85. The molecule has 1 aliphatic rings. The minimum atomic E-state index is -1.30. The van der Waals surface area contributed by atoms with E-state index in [1.54, 1.807) is 30.3 Å². The number of hydrogen-bond donors (Lipinski definition) is 1. The molecule has 0 aliphatic carbocycles. The molecule has 0 radical (unpaired) electrons. The second-order valence-electron chi connectivity index (χ2n) is 5.17. The molecule has 1 unspecified atom stereocenters. The highest BCUT2D eigenvalue weighted by molar-refractivity contribution is 6.25. The number of carbonyl (C=O) groups is 1. The third kappa shape index (κ3) is 2.36. The van der Waals surface area contributed by atoms with Gasteiger partial charge in [-0.2, -0.15) is 0 Å². The van der Waals surface area contributed by atoms with Crippen molar-refractivity contribution in [2.75, 3.05) is 0 Å². The molecule has 3 nitrogen and oxygen atoms in total. The molecule has 0 spiro atoms. The molecule has 6 heteroatoms. The van der Waals surface area contributed by atoms with Crippen molar-refractivity contribution in [3.63, 3.8) is 0 Å². The number of hydrogen-bond acceptors (Lipinski definition) is 3. The number of Topliss-reactive ketones (excluding diaryl/α,β-unsaturated/α-hetero) is 1. The van der Waals surface area contributed by atoms with Gasteiger partial charge >= 0.3 is 0 Å². The second kappa shape index (κ2) is 5.46. The van der Waals surface area contributed by atoms with Gasteiger partial charge in [-0.1, -0.05) is 30.3 Å². The summed E-state index contributed by atoms with van der Waals surface area (Å²) in [5.41, 5.74) is 5.03. The highest BCUT2D eigenvalue weighted by Crippen LogP contribution is 2.38. The van der Waals surface area contributed by atoms with E-state index >= 15 is 0 Å². The zero-order valence-electron chi connectivity index (χ0n) is 12.1. The third-order valence-corrected chi connectivity index (χ3v) is 3.72. The molecule has 0 bridgehead atoms. The Kier molecular flexibility index (Phi) is 3.60. The van der Waals surface area contributed by atoms with Crippen LogP contribution in [0.3, 0.4) is 0 Å². The first-order chi connectivity index (χ1) is 10.9. The Morgan fingerprint density at radius 3 is 2.39 bits per heavy atom. The summed E-state index contributed by atoms with van der Waals surface area (Å²) in [6.45, 7) is 1.09. The summed E-state index contributed by atoms with van der Waals surface area (Å²) in [7, 11) is 0. The largest absolute Gasteiger partial charge is 0.462 e.